The first-order valence-corrected chi connectivity index (χ1v) is 7.52. The predicted molar refractivity (Wildman–Crippen MR) is 85.5 cm³/mol. The van der Waals surface area contributed by atoms with E-state index in [9.17, 15) is 0 Å². The van der Waals surface area contributed by atoms with Gasteiger partial charge < -0.3 is 10.2 Å². The molecule has 0 amide bonds. The third kappa shape index (κ3) is 2.74. The van der Waals surface area contributed by atoms with Gasteiger partial charge in [0.15, 0.2) is 0 Å². The second kappa shape index (κ2) is 5.58. The van der Waals surface area contributed by atoms with Crippen molar-refractivity contribution in [3.63, 3.8) is 0 Å². The number of nitrogens with zero attached hydrogens (tertiary/aromatic N) is 2. The lowest BCUT2D eigenvalue weighted by atomic mass is 9.98. The lowest BCUT2D eigenvalue weighted by molar-refractivity contribution is 0.190. The Bertz CT molecular complexity index is 614. The third-order valence-corrected chi connectivity index (χ3v) is 4.46. The molecule has 2 atom stereocenters. The average Bonchev–Trinajstić information content (AvgIpc) is 2.43. The minimum atomic E-state index is 0.491. The second-order valence-electron chi connectivity index (χ2n) is 5.72. The number of fused-ring (bicyclic) bond motifs is 1. The van der Waals surface area contributed by atoms with E-state index in [1.165, 1.54) is 0 Å². The van der Waals surface area contributed by atoms with Crippen molar-refractivity contribution in [2.24, 2.45) is 0 Å². The minimum absolute atomic E-state index is 0.491. The van der Waals surface area contributed by atoms with E-state index in [1.54, 1.807) is 0 Å². The Morgan fingerprint density at radius 1 is 1.40 bits per heavy atom. The lowest BCUT2D eigenvalue weighted by Crippen LogP contribution is -2.42. The number of rotatable bonds is 2. The van der Waals surface area contributed by atoms with Crippen LogP contribution in [-0.2, 0) is 0 Å². The van der Waals surface area contributed by atoms with Gasteiger partial charge in [-0.05, 0) is 45.0 Å². The van der Waals surface area contributed by atoms with E-state index in [0.717, 1.165) is 41.0 Å². The Kier molecular flexibility index (Phi) is 3.81. The normalized spacial score (nSPS) is 23.9. The third-order valence-electron chi connectivity index (χ3n) is 4.24. The Hall–Kier alpha value is -1.32. The number of piperidine rings is 1. The molecular weight excluding hydrogens is 270 g/mol. The van der Waals surface area contributed by atoms with Crippen molar-refractivity contribution in [3.05, 3.63) is 35.5 Å². The number of hydrogen-bond acceptors (Lipinski definition) is 3. The summed E-state index contributed by atoms with van der Waals surface area (Å²) in [4.78, 5) is 6.90. The molecule has 3 rings (SSSR count). The van der Waals surface area contributed by atoms with Crippen molar-refractivity contribution in [3.8, 4) is 0 Å². The SMILES string of the molecule is CC1CC(Nc2cc(Cl)cc3cccnc23)CCN1C. The number of pyridine rings is 1. The fourth-order valence-corrected chi connectivity index (χ4v) is 3.13. The molecule has 2 aromatic rings. The summed E-state index contributed by atoms with van der Waals surface area (Å²) in [5.41, 5.74) is 2.05. The molecule has 20 heavy (non-hydrogen) atoms. The molecule has 0 bridgehead atoms. The summed E-state index contributed by atoms with van der Waals surface area (Å²) in [7, 11) is 2.19. The number of hydrogen-bond donors (Lipinski definition) is 1. The smallest absolute Gasteiger partial charge is 0.0934 e. The van der Waals surface area contributed by atoms with Crippen LogP contribution in [0.1, 0.15) is 19.8 Å². The van der Waals surface area contributed by atoms with Crippen molar-refractivity contribution < 1.29 is 0 Å². The summed E-state index contributed by atoms with van der Waals surface area (Å²) >= 11 is 6.22. The lowest BCUT2D eigenvalue weighted by Gasteiger charge is -2.35. The largest absolute Gasteiger partial charge is 0.380 e. The van der Waals surface area contributed by atoms with Crippen LogP contribution in [0.15, 0.2) is 30.5 Å². The van der Waals surface area contributed by atoms with Gasteiger partial charge in [-0.15, -0.1) is 0 Å². The van der Waals surface area contributed by atoms with Crippen LogP contribution < -0.4 is 5.32 Å². The molecule has 4 heteroatoms. The van der Waals surface area contributed by atoms with E-state index < -0.39 is 0 Å². The molecule has 106 valence electrons. The molecule has 0 aliphatic carbocycles. The molecule has 1 N–H and O–H groups in total. The minimum Gasteiger partial charge on any atom is -0.380 e. The number of anilines is 1. The molecule has 2 heterocycles. The van der Waals surface area contributed by atoms with E-state index in [1.807, 2.05) is 24.4 Å². The van der Waals surface area contributed by atoms with E-state index in [4.69, 9.17) is 11.6 Å². The molecule has 1 aromatic heterocycles. The van der Waals surface area contributed by atoms with Crippen LogP contribution in [0.4, 0.5) is 5.69 Å². The molecule has 1 saturated heterocycles. The van der Waals surface area contributed by atoms with E-state index >= 15 is 0 Å². The molecule has 2 unspecified atom stereocenters. The summed E-state index contributed by atoms with van der Waals surface area (Å²) in [5, 5.41) is 5.49. The standard InChI is InChI=1S/C16H20ClN3/c1-11-8-14(5-7-20(11)2)19-15-10-13(17)9-12-4-3-6-18-16(12)15/h3-4,6,9-11,14,19H,5,7-8H2,1-2H3. The van der Waals surface area contributed by atoms with Gasteiger partial charge in [-0.3, -0.25) is 4.98 Å². The van der Waals surface area contributed by atoms with Gasteiger partial charge >= 0.3 is 0 Å². The Morgan fingerprint density at radius 3 is 3.05 bits per heavy atom. The van der Waals surface area contributed by atoms with Gasteiger partial charge in [-0.25, -0.2) is 0 Å². The number of halogens is 1. The first-order valence-electron chi connectivity index (χ1n) is 7.14. The van der Waals surface area contributed by atoms with Gasteiger partial charge in [0.25, 0.3) is 0 Å². The van der Waals surface area contributed by atoms with Crippen LogP contribution in [0.25, 0.3) is 10.9 Å². The highest BCUT2D eigenvalue weighted by Gasteiger charge is 2.23. The van der Waals surface area contributed by atoms with Gasteiger partial charge in [0.2, 0.25) is 0 Å². The van der Waals surface area contributed by atoms with E-state index in [-0.39, 0.29) is 0 Å². The molecular formula is C16H20ClN3. The zero-order valence-corrected chi connectivity index (χ0v) is 12.7. The van der Waals surface area contributed by atoms with Gasteiger partial charge in [0.1, 0.15) is 0 Å². The molecule has 1 aliphatic rings. The maximum absolute atomic E-state index is 6.22. The highest BCUT2D eigenvalue weighted by Crippen LogP contribution is 2.28. The van der Waals surface area contributed by atoms with Crippen LogP contribution in [0, 0.1) is 0 Å². The van der Waals surface area contributed by atoms with Gasteiger partial charge in [0, 0.05) is 35.2 Å². The topological polar surface area (TPSA) is 28.2 Å². The van der Waals surface area contributed by atoms with Crippen molar-refractivity contribution in [1.29, 1.82) is 0 Å². The van der Waals surface area contributed by atoms with Crippen molar-refractivity contribution in [1.82, 2.24) is 9.88 Å². The quantitative estimate of drug-likeness (QED) is 0.912. The van der Waals surface area contributed by atoms with E-state index in [0.29, 0.717) is 12.1 Å². The second-order valence-corrected chi connectivity index (χ2v) is 6.16. The monoisotopic (exact) mass is 289 g/mol. The summed E-state index contributed by atoms with van der Waals surface area (Å²) in [6.45, 7) is 3.41. The van der Waals surface area contributed by atoms with Gasteiger partial charge in [-0.2, -0.15) is 0 Å². The van der Waals surface area contributed by atoms with Crippen LogP contribution in [0.5, 0.6) is 0 Å². The Morgan fingerprint density at radius 2 is 2.25 bits per heavy atom. The number of benzene rings is 1. The summed E-state index contributed by atoms with van der Waals surface area (Å²) in [6, 6.07) is 9.05. The molecule has 3 nitrogen and oxygen atoms in total. The first kappa shape index (κ1) is 13.7. The molecule has 1 aromatic carbocycles. The fourth-order valence-electron chi connectivity index (χ4n) is 2.91. The van der Waals surface area contributed by atoms with Gasteiger partial charge in [-0.1, -0.05) is 17.7 Å². The maximum atomic E-state index is 6.22. The number of aromatic nitrogens is 1. The maximum Gasteiger partial charge on any atom is 0.0934 e. The fraction of sp³-hybridized carbons (Fsp3) is 0.438. The average molecular weight is 290 g/mol. The Labute approximate surface area is 124 Å². The molecule has 1 fully saturated rings. The summed E-state index contributed by atoms with van der Waals surface area (Å²) in [5.74, 6) is 0. The predicted octanol–water partition coefficient (Wildman–Crippen LogP) is 3.78. The molecule has 0 saturated carbocycles. The zero-order valence-electron chi connectivity index (χ0n) is 11.9. The molecule has 0 spiro atoms. The van der Waals surface area contributed by atoms with Crippen molar-refractivity contribution >= 4 is 28.2 Å². The number of nitrogens with one attached hydrogen (secondary N) is 1. The van der Waals surface area contributed by atoms with E-state index in [2.05, 4.69) is 35.2 Å². The zero-order chi connectivity index (χ0) is 14.1. The van der Waals surface area contributed by atoms with Crippen LogP contribution in [-0.4, -0.2) is 35.6 Å². The number of likely N-dealkylation sites (tertiary alicyclic amines) is 1. The van der Waals surface area contributed by atoms with Crippen molar-refractivity contribution in [2.45, 2.75) is 31.8 Å². The highest BCUT2D eigenvalue weighted by atomic mass is 35.5. The summed E-state index contributed by atoms with van der Waals surface area (Å²) < 4.78 is 0. The van der Waals surface area contributed by atoms with Crippen LogP contribution in [0.3, 0.4) is 0 Å². The first-order chi connectivity index (χ1) is 9.63. The highest BCUT2D eigenvalue weighted by molar-refractivity contribution is 6.31. The van der Waals surface area contributed by atoms with Crippen LogP contribution >= 0.6 is 11.6 Å². The summed E-state index contributed by atoms with van der Waals surface area (Å²) in [6.07, 6.45) is 4.14. The van der Waals surface area contributed by atoms with Gasteiger partial charge in [0.05, 0.1) is 11.2 Å². The molecule has 1 aliphatic heterocycles. The van der Waals surface area contributed by atoms with Crippen molar-refractivity contribution in [2.75, 3.05) is 18.9 Å². The molecule has 0 radical (unpaired) electrons. The Balaban J connectivity index is 1.87. The van der Waals surface area contributed by atoms with Crippen LogP contribution in [0.2, 0.25) is 5.02 Å².